The standard InChI is InChI=1S/C12H14N2O3/c1-9(2)5-6-13-11-4-3-10(8-15)7-12(11)14(16)17/h3-5,7-8,13H,6H2,1-2H3. The summed E-state index contributed by atoms with van der Waals surface area (Å²) in [6.45, 7) is 4.42. The molecule has 0 heterocycles. The van der Waals surface area contributed by atoms with Crippen molar-refractivity contribution in [3.05, 3.63) is 45.5 Å². The van der Waals surface area contributed by atoms with Gasteiger partial charge in [-0.2, -0.15) is 0 Å². The first-order valence-corrected chi connectivity index (χ1v) is 5.15. The third kappa shape index (κ3) is 3.71. The number of nitro groups is 1. The highest BCUT2D eigenvalue weighted by Gasteiger charge is 2.13. The summed E-state index contributed by atoms with van der Waals surface area (Å²) in [5.74, 6) is 0. The molecule has 0 radical (unpaired) electrons. The van der Waals surface area contributed by atoms with Crippen LogP contribution in [-0.2, 0) is 0 Å². The number of aldehydes is 1. The van der Waals surface area contributed by atoms with Gasteiger partial charge in [0.1, 0.15) is 12.0 Å². The first kappa shape index (κ1) is 12.9. The molecule has 17 heavy (non-hydrogen) atoms. The summed E-state index contributed by atoms with van der Waals surface area (Å²) >= 11 is 0. The van der Waals surface area contributed by atoms with Crippen LogP contribution in [0.3, 0.4) is 0 Å². The van der Waals surface area contributed by atoms with Crippen molar-refractivity contribution in [2.45, 2.75) is 13.8 Å². The number of allylic oxidation sites excluding steroid dienone is 1. The topological polar surface area (TPSA) is 72.2 Å². The molecule has 0 unspecified atom stereocenters. The van der Waals surface area contributed by atoms with Crippen molar-refractivity contribution in [1.29, 1.82) is 0 Å². The smallest absolute Gasteiger partial charge is 0.293 e. The van der Waals surface area contributed by atoms with Gasteiger partial charge >= 0.3 is 0 Å². The number of nitrogens with one attached hydrogen (secondary N) is 1. The summed E-state index contributed by atoms with van der Waals surface area (Å²) in [4.78, 5) is 20.9. The van der Waals surface area contributed by atoms with Crippen LogP contribution in [-0.4, -0.2) is 17.8 Å². The number of rotatable bonds is 5. The van der Waals surface area contributed by atoms with Crippen LogP contribution in [0.1, 0.15) is 24.2 Å². The molecule has 0 aliphatic rings. The number of hydrogen-bond acceptors (Lipinski definition) is 4. The lowest BCUT2D eigenvalue weighted by molar-refractivity contribution is -0.384. The fourth-order valence-electron chi connectivity index (χ4n) is 1.29. The van der Waals surface area contributed by atoms with E-state index in [1.807, 2.05) is 19.9 Å². The molecule has 5 nitrogen and oxygen atoms in total. The third-order valence-corrected chi connectivity index (χ3v) is 2.16. The van der Waals surface area contributed by atoms with Crippen LogP contribution in [0.2, 0.25) is 0 Å². The molecule has 1 aromatic carbocycles. The first-order valence-electron chi connectivity index (χ1n) is 5.15. The lowest BCUT2D eigenvalue weighted by atomic mass is 10.2. The van der Waals surface area contributed by atoms with Gasteiger partial charge in [-0.1, -0.05) is 11.6 Å². The Labute approximate surface area is 99.3 Å². The second kappa shape index (κ2) is 5.79. The summed E-state index contributed by atoms with van der Waals surface area (Å²) in [6.07, 6.45) is 2.52. The maximum absolute atomic E-state index is 10.8. The number of nitro benzene ring substituents is 1. The molecule has 90 valence electrons. The lowest BCUT2D eigenvalue weighted by Crippen LogP contribution is -2.03. The summed E-state index contributed by atoms with van der Waals surface area (Å²) in [5, 5.41) is 13.8. The van der Waals surface area contributed by atoms with E-state index < -0.39 is 4.92 Å². The molecule has 1 rings (SSSR count). The van der Waals surface area contributed by atoms with Crippen LogP contribution in [0, 0.1) is 10.1 Å². The minimum atomic E-state index is -0.502. The minimum Gasteiger partial charge on any atom is -0.376 e. The fourth-order valence-corrected chi connectivity index (χ4v) is 1.29. The van der Waals surface area contributed by atoms with Crippen molar-refractivity contribution in [2.75, 3.05) is 11.9 Å². The molecule has 0 aliphatic heterocycles. The number of benzene rings is 1. The second-order valence-electron chi connectivity index (χ2n) is 3.81. The van der Waals surface area contributed by atoms with Gasteiger partial charge in [0.05, 0.1) is 4.92 Å². The van der Waals surface area contributed by atoms with E-state index in [0.29, 0.717) is 24.1 Å². The van der Waals surface area contributed by atoms with Gasteiger partial charge in [0.25, 0.3) is 5.69 Å². The lowest BCUT2D eigenvalue weighted by Gasteiger charge is -2.05. The number of carbonyl (C=O) groups excluding carboxylic acids is 1. The van der Waals surface area contributed by atoms with Crippen LogP contribution >= 0.6 is 0 Å². The quantitative estimate of drug-likeness (QED) is 0.368. The number of anilines is 1. The van der Waals surface area contributed by atoms with Crippen molar-refractivity contribution >= 4 is 17.7 Å². The molecule has 0 amide bonds. The Bertz CT molecular complexity index is 463. The number of carbonyl (C=O) groups is 1. The molecule has 5 heteroatoms. The van der Waals surface area contributed by atoms with Crippen LogP contribution in [0.4, 0.5) is 11.4 Å². The monoisotopic (exact) mass is 234 g/mol. The average Bonchev–Trinajstić information content (AvgIpc) is 2.28. The third-order valence-electron chi connectivity index (χ3n) is 2.16. The molecule has 0 spiro atoms. The van der Waals surface area contributed by atoms with Crippen molar-refractivity contribution in [3.8, 4) is 0 Å². The van der Waals surface area contributed by atoms with Crippen molar-refractivity contribution in [2.24, 2.45) is 0 Å². The maximum atomic E-state index is 10.8. The van der Waals surface area contributed by atoms with E-state index in [4.69, 9.17) is 0 Å². The summed E-state index contributed by atoms with van der Waals surface area (Å²) in [7, 11) is 0. The number of hydrogen-bond donors (Lipinski definition) is 1. The predicted molar refractivity (Wildman–Crippen MR) is 66.4 cm³/mol. The van der Waals surface area contributed by atoms with Crippen molar-refractivity contribution < 1.29 is 9.72 Å². The zero-order valence-electron chi connectivity index (χ0n) is 9.77. The molecule has 0 bridgehead atoms. The van der Waals surface area contributed by atoms with Crippen molar-refractivity contribution in [3.63, 3.8) is 0 Å². The largest absolute Gasteiger partial charge is 0.376 e. The fraction of sp³-hybridized carbons (Fsp3) is 0.250. The Morgan fingerprint density at radius 3 is 2.71 bits per heavy atom. The van der Waals surface area contributed by atoms with Crippen molar-refractivity contribution in [1.82, 2.24) is 0 Å². The Kier molecular flexibility index (Phi) is 4.39. The van der Waals surface area contributed by atoms with E-state index >= 15 is 0 Å². The highest BCUT2D eigenvalue weighted by atomic mass is 16.6. The Morgan fingerprint density at radius 2 is 2.18 bits per heavy atom. The SMILES string of the molecule is CC(C)=CCNc1ccc(C=O)cc1[N+](=O)[O-]. The van der Waals surface area contributed by atoms with Crippen LogP contribution < -0.4 is 5.32 Å². The van der Waals surface area contributed by atoms with Gasteiger partial charge in [0.15, 0.2) is 0 Å². The van der Waals surface area contributed by atoms with E-state index in [1.54, 1.807) is 12.1 Å². The highest BCUT2D eigenvalue weighted by molar-refractivity contribution is 5.79. The highest BCUT2D eigenvalue weighted by Crippen LogP contribution is 2.24. The van der Waals surface area contributed by atoms with Gasteiger partial charge in [-0.3, -0.25) is 14.9 Å². The Balaban J connectivity index is 2.94. The Hall–Kier alpha value is -2.17. The van der Waals surface area contributed by atoms with E-state index in [9.17, 15) is 14.9 Å². The van der Waals surface area contributed by atoms with Gasteiger partial charge in [0, 0.05) is 18.2 Å². The zero-order valence-corrected chi connectivity index (χ0v) is 9.77. The van der Waals surface area contributed by atoms with Gasteiger partial charge < -0.3 is 5.32 Å². The van der Waals surface area contributed by atoms with Crippen LogP contribution in [0.5, 0.6) is 0 Å². The first-order chi connectivity index (χ1) is 8.04. The average molecular weight is 234 g/mol. The molecule has 0 atom stereocenters. The van der Waals surface area contributed by atoms with Gasteiger partial charge in [0.2, 0.25) is 0 Å². The van der Waals surface area contributed by atoms with Crippen LogP contribution in [0.25, 0.3) is 0 Å². The van der Waals surface area contributed by atoms with Gasteiger partial charge in [-0.15, -0.1) is 0 Å². The molecular weight excluding hydrogens is 220 g/mol. The van der Waals surface area contributed by atoms with E-state index in [0.717, 1.165) is 5.57 Å². The van der Waals surface area contributed by atoms with E-state index in [-0.39, 0.29) is 5.69 Å². The molecule has 1 aromatic rings. The molecule has 0 saturated carbocycles. The Morgan fingerprint density at radius 1 is 1.47 bits per heavy atom. The molecular formula is C12H14N2O3. The van der Waals surface area contributed by atoms with Gasteiger partial charge in [-0.05, 0) is 26.0 Å². The second-order valence-corrected chi connectivity index (χ2v) is 3.81. The molecule has 0 fully saturated rings. The molecule has 1 N–H and O–H groups in total. The van der Waals surface area contributed by atoms with Crippen LogP contribution in [0.15, 0.2) is 29.8 Å². The van der Waals surface area contributed by atoms with E-state index in [2.05, 4.69) is 5.32 Å². The van der Waals surface area contributed by atoms with E-state index in [1.165, 1.54) is 6.07 Å². The molecule has 0 aliphatic carbocycles. The minimum absolute atomic E-state index is 0.0863. The normalized spacial score (nSPS) is 9.53. The maximum Gasteiger partial charge on any atom is 0.293 e. The van der Waals surface area contributed by atoms with Gasteiger partial charge in [-0.25, -0.2) is 0 Å². The summed E-state index contributed by atoms with van der Waals surface area (Å²) in [6, 6.07) is 4.35. The zero-order chi connectivity index (χ0) is 12.8. The number of nitrogens with zero attached hydrogens (tertiary/aromatic N) is 1. The molecule has 0 saturated heterocycles. The molecule has 0 aromatic heterocycles. The summed E-state index contributed by atoms with van der Waals surface area (Å²) in [5.41, 5.74) is 1.75. The predicted octanol–water partition coefficient (Wildman–Crippen LogP) is 2.79. The summed E-state index contributed by atoms with van der Waals surface area (Å²) < 4.78 is 0.